The van der Waals surface area contributed by atoms with Crippen molar-refractivity contribution in [3.05, 3.63) is 54.0 Å². The van der Waals surface area contributed by atoms with Crippen molar-refractivity contribution in [2.45, 2.75) is 18.8 Å². The number of nitrogens with zero attached hydrogens (tertiary/aromatic N) is 2. The van der Waals surface area contributed by atoms with E-state index in [-0.39, 0.29) is 11.7 Å². The molecule has 1 aromatic heterocycles. The van der Waals surface area contributed by atoms with Crippen LogP contribution in [0.2, 0.25) is 0 Å². The van der Waals surface area contributed by atoms with Gasteiger partial charge in [0.25, 0.3) is 0 Å². The quantitative estimate of drug-likeness (QED) is 0.871. The Morgan fingerprint density at radius 2 is 1.91 bits per heavy atom. The van der Waals surface area contributed by atoms with Crippen LogP contribution in [0.3, 0.4) is 0 Å². The van der Waals surface area contributed by atoms with E-state index in [1.807, 2.05) is 23.2 Å². The molecule has 1 saturated heterocycles. The number of carbonyl (C=O) groups excluding carboxylic acids is 1. The smallest absolute Gasteiger partial charge is 0.226 e. The maximum Gasteiger partial charge on any atom is 0.226 e. The predicted octanol–water partition coefficient (Wildman–Crippen LogP) is 3.22. The summed E-state index contributed by atoms with van der Waals surface area (Å²) in [4.78, 5) is 18.6. The Morgan fingerprint density at radius 1 is 1.14 bits per heavy atom. The van der Waals surface area contributed by atoms with Crippen LogP contribution in [0.1, 0.15) is 24.3 Å². The molecular formula is C18H17FN2O. The van der Waals surface area contributed by atoms with E-state index in [2.05, 4.69) is 4.98 Å². The maximum absolute atomic E-state index is 12.9. The summed E-state index contributed by atoms with van der Waals surface area (Å²) in [6.07, 6.45) is 3.93. The van der Waals surface area contributed by atoms with Crippen molar-refractivity contribution in [1.29, 1.82) is 0 Å². The minimum Gasteiger partial charge on any atom is -0.342 e. The Morgan fingerprint density at radius 3 is 2.50 bits per heavy atom. The van der Waals surface area contributed by atoms with Gasteiger partial charge in [-0.2, -0.15) is 0 Å². The summed E-state index contributed by atoms with van der Waals surface area (Å²) in [6, 6.07) is 10.3. The molecule has 3 nitrogen and oxygen atoms in total. The van der Waals surface area contributed by atoms with Crippen molar-refractivity contribution in [3.63, 3.8) is 0 Å². The maximum atomic E-state index is 12.9. The molecule has 22 heavy (non-hydrogen) atoms. The fourth-order valence-corrected chi connectivity index (χ4v) is 3.02. The van der Waals surface area contributed by atoms with Crippen LogP contribution in [0.15, 0.2) is 42.6 Å². The highest BCUT2D eigenvalue weighted by molar-refractivity contribution is 5.83. The highest BCUT2D eigenvalue weighted by Crippen LogP contribution is 2.48. The summed E-state index contributed by atoms with van der Waals surface area (Å²) in [6.45, 7) is 1.84. The van der Waals surface area contributed by atoms with E-state index >= 15 is 0 Å². The first kappa shape index (κ1) is 13.4. The van der Waals surface area contributed by atoms with Gasteiger partial charge in [0.05, 0.1) is 5.69 Å². The molecule has 0 spiro atoms. The standard InChI is InChI=1S/C18H17FN2O/c19-14-5-2-12(3-6-14)17-7-4-13(11-20-17)15-10-16(15)18(22)21-8-1-9-21/h2-7,11,15-16H,1,8-10H2. The number of likely N-dealkylation sites (tertiary alicyclic amines) is 1. The van der Waals surface area contributed by atoms with Crippen molar-refractivity contribution >= 4 is 5.91 Å². The first-order chi connectivity index (χ1) is 10.7. The Labute approximate surface area is 128 Å². The van der Waals surface area contributed by atoms with Gasteiger partial charge in [-0.15, -0.1) is 0 Å². The number of benzene rings is 1. The van der Waals surface area contributed by atoms with E-state index < -0.39 is 0 Å². The lowest BCUT2D eigenvalue weighted by molar-refractivity contribution is -0.136. The average molecular weight is 296 g/mol. The topological polar surface area (TPSA) is 33.2 Å². The van der Waals surface area contributed by atoms with Crippen molar-refractivity contribution in [3.8, 4) is 11.3 Å². The second-order valence-corrected chi connectivity index (χ2v) is 6.11. The summed E-state index contributed by atoms with van der Waals surface area (Å²) in [5.41, 5.74) is 2.86. The summed E-state index contributed by atoms with van der Waals surface area (Å²) < 4.78 is 12.9. The Hall–Kier alpha value is -2.23. The minimum atomic E-state index is -0.245. The normalized spacial score (nSPS) is 23.0. The van der Waals surface area contributed by atoms with Gasteiger partial charge in [-0.05, 0) is 54.7 Å². The van der Waals surface area contributed by atoms with Gasteiger partial charge in [0, 0.05) is 30.8 Å². The van der Waals surface area contributed by atoms with Crippen LogP contribution >= 0.6 is 0 Å². The summed E-state index contributed by atoms with van der Waals surface area (Å²) >= 11 is 0. The monoisotopic (exact) mass is 296 g/mol. The first-order valence-corrected chi connectivity index (χ1v) is 7.73. The molecule has 4 heteroatoms. The molecule has 1 aliphatic carbocycles. The van der Waals surface area contributed by atoms with Crippen molar-refractivity contribution in [2.24, 2.45) is 5.92 Å². The second-order valence-electron chi connectivity index (χ2n) is 6.11. The SMILES string of the molecule is O=C(C1CC1c1ccc(-c2ccc(F)cc2)nc1)N1CCC1. The van der Waals surface area contributed by atoms with E-state index in [0.29, 0.717) is 11.8 Å². The fraction of sp³-hybridized carbons (Fsp3) is 0.333. The highest BCUT2D eigenvalue weighted by atomic mass is 19.1. The van der Waals surface area contributed by atoms with Crippen molar-refractivity contribution in [1.82, 2.24) is 9.88 Å². The van der Waals surface area contributed by atoms with E-state index in [0.717, 1.165) is 42.8 Å². The molecule has 1 amide bonds. The van der Waals surface area contributed by atoms with Crippen LogP contribution < -0.4 is 0 Å². The average Bonchev–Trinajstić information content (AvgIpc) is 3.27. The Balaban J connectivity index is 1.46. The van der Waals surface area contributed by atoms with Crippen LogP contribution in [-0.2, 0) is 4.79 Å². The van der Waals surface area contributed by atoms with Gasteiger partial charge < -0.3 is 4.90 Å². The van der Waals surface area contributed by atoms with Gasteiger partial charge in [-0.1, -0.05) is 6.07 Å². The van der Waals surface area contributed by atoms with Crippen LogP contribution in [-0.4, -0.2) is 28.9 Å². The lowest BCUT2D eigenvalue weighted by Gasteiger charge is -2.31. The summed E-state index contributed by atoms with van der Waals surface area (Å²) in [5.74, 6) is 0.534. The Kier molecular flexibility index (Phi) is 3.17. The molecule has 2 atom stereocenters. The Bertz CT molecular complexity index is 692. The van der Waals surface area contributed by atoms with Crippen molar-refractivity contribution in [2.75, 3.05) is 13.1 Å². The zero-order chi connectivity index (χ0) is 15.1. The first-order valence-electron chi connectivity index (χ1n) is 7.73. The number of aromatic nitrogens is 1. The molecule has 0 radical (unpaired) electrons. The van der Waals surface area contributed by atoms with Gasteiger partial charge in [0.2, 0.25) is 5.91 Å². The summed E-state index contributed by atoms with van der Waals surface area (Å²) in [5, 5.41) is 0. The van der Waals surface area contributed by atoms with E-state index in [1.54, 1.807) is 12.1 Å². The molecule has 4 rings (SSSR count). The van der Waals surface area contributed by atoms with Gasteiger partial charge in [0.15, 0.2) is 0 Å². The molecule has 2 fully saturated rings. The molecular weight excluding hydrogens is 279 g/mol. The number of carbonyl (C=O) groups is 1. The molecule has 2 unspecified atom stereocenters. The summed E-state index contributed by atoms with van der Waals surface area (Å²) in [7, 11) is 0. The fourth-order valence-electron chi connectivity index (χ4n) is 3.02. The third-order valence-electron chi connectivity index (χ3n) is 4.63. The third kappa shape index (κ3) is 2.39. The molecule has 0 bridgehead atoms. The van der Waals surface area contributed by atoms with Crippen LogP contribution in [0.5, 0.6) is 0 Å². The van der Waals surface area contributed by atoms with Gasteiger partial charge in [0.1, 0.15) is 5.82 Å². The van der Waals surface area contributed by atoms with Crippen LogP contribution in [0, 0.1) is 11.7 Å². The molecule has 1 saturated carbocycles. The molecule has 112 valence electrons. The number of amides is 1. The van der Waals surface area contributed by atoms with E-state index in [9.17, 15) is 9.18 Å². The largest absolute Gasteiger partial charge is 0.342 e. The van der Waals surface area contributed by atoms with Gasteiger partial charge in [-0.25, -0.2) is 4.39 Å². The zero-order valence-corrected chi connectivity index (χ0v) is 12.2. The molecule has 2 heterocycles. The second kappa shape index (κ2) is 5.20. The number of hydrogen-bond acceptors (Lipinski definition) is 2. The van der Waals surface area contributed by atoms with Crippen molar-refractivity contribution < 1.29 is 9.18 Å². The van der Waals surface area contributed by atoms with Gasteiger partial charge >= 0.3 is 0 Å². The lowest BCUT2D eigenvalue weighted by Crippen LogP contribution is -2.43. The van der Waals surface area contributed by atoms with E-state index in [1.165, 1.54) is 12.1 Å². The molecule has 0 N–H and O–H groups in total. The molecule has 1 aromatic carbocycles. The minimum absolute atomic E-state index is 0.152. The van der Waals surface area contributed by atoms with Crippen LogP contribution in [0.25, 0.3) is 11.3 Å². The highest BCUT2D eigenvalue weighted by Gasteiger charge is 2.46. The lowest BCUT2D eigenvalue weighted by atomic mass is 10.1. The number of rotatable bonds is 3. The van der Waals surface area contributed by atoms with E-state index in [4.69, 9.17) is 0 Å². The predicted molar refractivity (Wildman–Crippen MR) is 81.7 cm³/mol. The molecule has 2 aliphatic rings. The zero-order valence-electron chi connectivity index (χ0n) is 12.2. The van der Waals surface area contributed by atoms with Crippen LogP contribution in [0.4, 0.5) is 4.39 Å². The van der Waals surface area contributed by atoms with Gasteiger partial charge in [-0.3, -0.25) is 9.78 Å². The third-order valence-corrected chi connectivity index (χ3v) is 4.63. The number of halogens is 1. The number of pyridine rings is 1. The molecule has 1 aliphatic heterocycles. The number of hydrogen-bond donors (Lipinski definition) is 0. The molecule has 2 aromatic rings.